The minimum Gasteiger partial charge on any atom is -0.318 e. The molecule has 0 amide bonds. The summed E-state index contributed by atoms with van der Waals surface area (Å²) in [5.41, 5.74) is 1.22. The Labute approximate surface area is 99.7 Å². The lowest BCUT2D eigenvalue weighted by molar-refractivity contribution is 0.304. The fraction of sp³-hybridized carbons (Fsp3) is 0.615. The van der Waals surface area contributed by atoms with Gasteiger partial charge in [0.15, 0.2) is 0 Å². The van der Waals surface area contributed by atoms with Gasteiger partial charge in [-0.3, -0.25) is 4.90 Å². The van der Waals surface area contributed by atoms with Crippen LogP contribution in [0.3, 0.4) is 0 Å². The number of rotatable bonds is 9. The van der Waals surface area contributed by atoms with E-state index in [0.29, 0.717) is 0 Å². The summed E-state index contributed by atoms with van der Waals surface area (Å²) < 4.78 is 0. The Morgan fingerprint density at radius 1 is 1.38 bits per heavy atom. The fourth-order valence-corrected chi connectivity index (χ4v) is 1.42. The van der Waals surface area contributed by atoms with Crippen LogP contribution in [0, 0.1) is 5.41 Å². The first kappa shape index (κ1) is 15.1. The molecule has 0 aromatic carbocycles. The van der Waals surface area contributed by atoms with E-state index in [-0.39, 0.29) is 0 Å². The highest BCUT2D eigenvalue weighted by Gasteiger charge is 2.00. The van der Waals surface area contributed by atoms with Crippen LogP contribution >= 0.6 is 0 Å². The Morgan fingerprint density at radius 3 is 2.69 bits per heavy atom. The molecule has 3 heteroatoms. The van der Waals surface area contributed by atoms with Crippen molar-refractivity contribution in [3.8, 4) is 0 Å². The van der Waals surface area contributed by atoms with Crippen molar-refractivity contribution in [2.45, 2.75) is 20.3 Å². The second kappa shape index (κ2) is 10.6. The van der Waals surface area contributed by atoms with Crippen molar-refractivity contribution in [1.29, 1.82) is 5.41 Å². The molecule has 0 aliphatic rings. The molecule has 0 aromatic rings. The molecule has 3 nitrogen and oxygen atoms in total. The summed E-state index contributed by atoms with van der Waals surface area (Å²) in [7, 11) is 1.98. The summed E-state index contributed by atoms with van der Waals surface area (Å²) in [4.78, 5) is 2.43. The van der Waals surface area contributed by atoms with Gasteiger partial charge in [0.1, 0.15) is 0 Å². The monoisotopic (exact) mass is 223 g/mol. The van der Waals surface area contributed by atoms with Crippen molar-refractivity contribution >= 4 is 6.21 Å². The third kappa shape index (κ3) is 8.38. The second-order valence-corrected chi connectivity index (χ2v) is 3.88. The predicted octanol–water partition coefficient (Wildman–Crippen LogP) is 2.07. The number of hydrogen-bond acceptors (Lipinski definition) is 3. The molecule has 0 atom stereocenters. The third-order valence-corrected chi connectivity index (χ3v) is 2.34. The van der Waals surface area contributed by atoms with E-state index in [1.54, 1.807) is 6.08 Å². The molecule has 0 saturated heterocycles. The Balaban J connectivity index is 4.06. The van der Waals surface area contributed by atoms with Crippen LogP contribution in [0.1, 0.15) is 20.3 Å². The predicted molar refractivity (Wildman–Crippen MR) is 72.3 cm³/mol. The van der Waals surface area contributed by atoms with E-state index in [0.717, 1.165) is 26.2 Å². The summed E-state index contributed by atoms with van der Waals surface area (Å²) in [5.74, 6) is 0. The van der Waals surface area contributed by atoms with Crippen molar-refractivity contribution in [3.05, 3.63) is 23.8 Å². The highest BCUT2D eigenvalue weighted by molar-refractivity contribution is 5.68. The van der Waals surface area contributed by atoms with Crippen molar-refractivity contribution in [2.24, 2.45) is 0 Å². The van der Waals surface area contributed by atoms with E-state index in [1.807, 2.05) is 13.1 Å². The molecule has 0 aliphatic heterocycles. The van der Waals surface area contributed by atoms with Crippen LogP contribution in [0.4, 0.5) is 0 Å². The summed E-state index contributed by atoms with van der Waals surface area (Å²) in [6, 6.07) is 0. The van der Waals surface area contributed by atoms with E-state index < -0.39 is 0 Å². The largest absolute Gasteiger partial charge is 0.318 e. The lowest BCUT2D eigenvalue weighted by Gasteiger charge is -2.19. The average molecular weight is 223 g/mol. The van der Waals surface area contributed by atoms with E-state index in [9.17, 15) is 0 Å². The van der Waals surface area contributed by atoms with Gasteiger partial charge in [-0.15, -0.1) is 0 Å². The van der Waals surface area contributed by atoms with Crippen LogP contribution in [-0.2, 0) is 0 Å². The number of nitrogens with zero attached hydrogens (tertiary/aromatic N) is 1. The van der Waals surface area contributed by atoms with Gasteiger partial charge in [0.05, 0.1) is 0 Å². The molecule has 0 aliphatic carbocycles. The molecule has 2 N–H and O–H groups in total. The number of allylic oxidation sites excluding steroid dienone is 3. The van der Waals surface area contributed by atoms with E-state index >= 15 is 0 Å². The summed E-state index contributed by atoms with van der Waals surface area (Å²) >= 11 is 0. The zero-order chi connectivity index (χ0) is 12.2. The molecule has 92 valence electrons. The highest BCUT2D eigenvalue weighted by Crippen LogP contribution is 1.97. The van der Waals surface area contributed by atoms with E-state index in [1.165, 1.54) is 18.2 Å². The van der Waals surface area contributed by atoms with Crippen LogP contribution in [0.15, 0.2) is 23.8 Å². The Kier molecular flexibility index (Phi) is 9.97. The van der Waals surface area contributed by atoms with Crippen LogP contribution in [-0.4, -0.2) is 44.3 Å². The van der Waals surface area contributed by atoms with Gasteiger partial charge in [0.25, 0.3) is 0 Å². The summed E-state index contributed by atoms with van der Waals surface area (Å²) in [5, 5.41) is 10.1. The standard InChI is InChI=1S/C13H25N3/c1-4-10-16(12-9-15-3)11-7-13(2)6-5-8-14/h5-8,14-15H,4,9-12H2,1-3H3/b6-5-,13-7+,14-8?. The Bertz CT molecular complexity index is 231. The molecule has 0 aromatic heterocycles. The molecular weight excluding hydrogens is 198 g/mol. The Morgan fingerprint density at radius 2 is 2.12 bits per heavy atom. The SMILES string of the molecule is CCCN(C/C=C(C)/C=C\C=N)CCNC. The van der Waals surface area contributed by atoms with Crippen molar-refractivity contribution in [3.63, 3.8) is 0 Å². The van der Waals surface area contributed by atoms with Gasteiger partial charge in [0.2, 0.25) is 0 Å². The van der Waals surface area contributed by atoms with Gasteiger partial charge in [0, 0.05) is 25.8 Å². The molecule has 0 fully saturated rings. The molecule has 0 unspecified atom stereocenters. The van der Waals surface area contributed by atoms with E-state index in [4.69, 9.17) is 5.41 Å². The maximum atomic E-state index is 6.91. The minimum absolute atomic E-state index is 0.990. The molecular formula is C13H25N3. The molecule has 0 heterocycles. The first-order valence-electron chi connectivity index (χ1n) is 5.95. The van der Waals surface area contributed by atoms with Gasteiger partial charge in [-0.1, -0.05) is 24.6 Å². The number of nitrogens with one attached hydrogen (secondary N) is 2. The van der Waals surface area contributed by atoms with Crippen LogP contribution in [0.2, 0.25) is 0 Å². The van der Waals surface area contributed by atoms with Gasteiger partial charge < -0.3 is 10.7 Å². The quantitative estimate of drug-likeness (QED) is 0.464. The first-order valence-corrected chi connectivity index (χ1v) is 5.95. The minimum atomic E-state index is 0.990. The molecule has 0 bridgehead atoms. The maximum Gasteiger partial charge on any atom is 0.0177 e. The van der Waals surface area contributed by atoms with Crippen LogP contribution in [0.5, 0.6) is 0 Å². The van der Waals surface area contributed by atoms with Gasteiger partial charge >= 0.3 is 0 Å². The summed E-state index contributed by atoms with van der Waals surface area (Å²) in [6.07, 6.45) is 8.43. The molecule has 16 heavy (non-hydrogen) atoms. The van der Waals surface area contributed by atoms with E-state index in [2.05, 4.69) is 30.1 Å². The smallest absolute Gasteiger partial charge is 0.0177 e. The summed E-state index contributed by atoms with van der Waals surface area (Å²) in [6.45, 7) is 8.52. The van der Waals surface area contributed by atoms with Crippen molar-refractivity contribution in [1.82, 2.24) is 10.2 Å². The van der Waals surface area contributed by atoms with Gasteiger partial charge in [-0.05, 0) is 33.0 Å². The third-order valence-electron chi connectivity index (χ3n) is 2.34. The zero-order valence-electron chi connectivity index (χ0n) is 10.8. The fourth-order valence-electron chi connectivity index (χ4n) is 1.42. The molecule has 0 radical (unpaired) electrons. The molecule has 0 saturated carbocycles. The molecule has 0 spiro atoms. The average Bonchev–Trinajstić information content (AvgIpc) is 2.30. The topological polar surface area (TPSA) is 39.1 Å². The lowest BCUT2D eigenvalue weighted by Crippen LogP contribution is -2.31. The Hall–Kier alpha value is -0.930. The van der Waals surface area contributed by atoms with Crippen LogP contribution in [0.25, 0.3) is 0 Å². The normalized spacial score (nSPS) is 12.6. The zero-order valence-corrected chi connectivity index (χ0v) is 10.8. The first-order chi connectivity index (χ1) is 7.74. The number of hydrogen-bond donors (Lipinski definition) is 2. The van der Waals surface area contributed by atoms with Crippen molar-refractivity contribution < 1.29 is 0 Å². The van der Waals surface area contributed by atoms with Crippen molar-refractivity contribution in [2.75, 3.05) is 33.2 Å². The van der Waals surface area contributed by atoms with Gasteiger partial charge in [-0.2, -0.15) is 0 Å². The molecule has 0 rings (SSSR count). The highest BCUT2D eigenvalue weighted by atomic mass is 15.1. The van der Waals surface area contributed by atoms with Gasteiger partial charge in [-0.25, -0.2) is 0 Å². The lowest BCUT2D eigenvalue weighted by atomic mass is 10.2. The number of likely N-dealkylation sites (N-methyl/N-ethyl adjacent to an activating group) is 1. The second-order valence-electron chi connectivity index (χ2n) is 3.88. The maximum absolute atomic E-state index is 6.91. The van der Waals surface area contributed by atoms with Crippen LogP contribution < -0.4 is 5.32 Å².